The molecule has 1 saturated carbocycles. The number of nitrogens with one attached hydrogen (secondary N) is 1. The third-order valence-electron chi connectivity index (χ3n) is 3.96. The average Bonchev–Trinajstić information content (AvgIpc) is 2.46. The Morgan fingerprint density at radius 3 is 3.05 bits per heavy atom. The molecule has 1 aromatic heterocycles. The quantitative estimate of drug-likeness (QED) is 0.851. The van der Waals surface area contributed by atoms with Gasteiger partial charge in [0.25, 0.3) is 0 Å². The highest BCUT2D eigenvalue weighted by Crippen LogP contribution is 2.29. The van der Waals surface area contributed by atoms with Crippen LogP contribution in [-0.4, -0.2) is 17.6 Å². The summed E-state index contributed by atoms with van der Waals surface area (Å²) in [6.45, 7) is 6.17. The molecule has 0 radical (unpaired) electrons. The molecule has 106 valence electrons. The van der Waals surface area contributed by atoms with Crippen LogP contribution >= 0.6 is 0 Å². The largest absolute Gasteiger partial charge is 0.490 e. The predicted molar refractivity (Wildman–Crippen MR) is 78.3 cm³/mol. The molecule has 1 aromatic rings. The second-order valence-electron chi connectivity index (χ2n) is 5.44. The Bertz CT molecular complexity index is 381. The normalized spacial score (nSPS) is 23.3. The van der Waals surface area contributed by atoms with Crippen LogP contribution in [-0.2, 0) is 6.54 Å². The van der Waals surface area contributed by atoms with Gasteiger partial charge in [-0.15, -0.1) is 0 Å². The SMILES string of the molecule is CCNCc1cc(OC2CCCC(CC)C2)ccn1. The molecule has 1 aliphatic carbocycles. The first-order chi connectivity index (χ1) is 9.31. The lowest BCUT2D eigenvalue weighted by Gasteiger charge is -2.29. The lowest BCUT2D eigenvalue weighted by Crippen LogP contribution is -2.25. The summed E-state index contributed by atoms with van der Waals surface area (Å²) >= 11 is 0. The van der Waals surface area contributed by atoms with Crippen LogP contribution in [0, 0.1) is 5.92 Å². The van der Waals surface area contributed by atoms with E-state index in [0.29, 0.717) is 6.10 Å². The molecule has 1 fully saturated rings. The van der Waals surface area contributed by atoms with Gasteiger partial charge in [-0.2, -0.15) is 0 Å². The van der Waals surface area contributed by atoms with E-state index in [1.807, 2.05) is 12.3 Å². The highest BCUT2D eigenvalue weighted by molar-refractivity contribution is 5.23. The Balaban J connectivity index is 1.90. The molecule has 0 amide bonds. The fraction of sp³-hybridized carbons (Fsp3) is 0.688. The lowest BCUT2D eigenvalue weighted by molar-refractivity contribution is 0.122. The van der Waals surface area contributed by atoms with Crippen molar-refractivity contribution in [1.29, 1.82) is 0 Å². The Morgan fingerprint density at radius 2 is 2.26 bits per heavy atom. The van der Waals surface area contributed by atoms with E-state index in [1.54, 1.807) is 0 Å². The van der Waals surface area contributed by atoms with E-state index in [1.165, 1.54) is 32.1 Å². The van der Waals surface area contributed by atoms with Crippen LogP contribution in [0.2, 0.25) is 0 Å². The minimum Gasteiger partial charge on any atom is -0.490 e. The van der Waals surface area contributed by atoms with E-state index in [-0.39, 0.29) is 0 Å². The summed E-state index contributed by atoms with van der Waals surface area (Å²) in [5.41, 5.74) is 1.06. The fourth-order valence-corrected chi connectivity index (χ4v) is 2.79. The first-order valence-corrected chi connectivity index (χ1v) is 7.64. The molecule has 1 aliphatic rings. The summed E-state index contributed by atoms with van der Waals surface area (Å²) in [6, 6.07) is 4.04. The Hall–Kier alpha value is -1.09. The van der Waals surface area contributed by atoms with Crippen molar-refractivity contribution in [3.05, 3.63) is 24.0 Å². The molecule has 3 nitrogen and oxygen atoms in total. The van der Waals surface area contributed by atoms with Crippen LogP contribution in [0.5, 0.6) is 5.75 Å². The van der Waals surface area contributed by atoms with Crippen LogP contribution < -0.4 is 10.1 Å². The molecular weight excluding hydrogens is 236 g/mol. The zero-order valence-corrected chi connectivity index (χ0v) is 12.2. The van der Waals surface area contributed by atoms with Gasteiger partial charge in [-0.05, 0) is 37.8 Å². The maximum absolute atomic E-state index is 6.14. The summed E-state index contributed by atoms with van der Waals surface area (Å²) < 4.78 is 6.14. The second kappa shape index (κ2) is 7.49. The third kappa shape index (κ3) is 4.50. The third-order valence-corrected chi connectivity index (χ3v) is 3.96. The van der Waals surface area contributed by atoms with Crippen molar-refractivity contribution >= 4 is 0 Å². The van der Waals surface area contributed by atoms with Gasteiger partial charge in [0.15, 0.2) is 0 Å². The van der Waals surface area contributed by atoms with E-state index in [0.717, 1.165) is 30.5 Å². The summed E-state index contributed by atoms with van der Waals surface area (Å²) in [5, 5.41) is 3.29. The highest BCUT2D eigenvalue weighted by atomic mass is 16.5. The standard InChI is InChI=1S/C16H26N2O/c1-3-13-6-5-7-15(10-13)19-16-8-9-18-14(11-16)12-17-4-2/h8-9,11,13,15,17H,3-7,10,12H2,1-2H3. The predicted octanol–water partition coefficient (Wildman–Crippen LogP) is 3.54. The molecule has 0 aromatic carbocycles. The Labute approximate surface area is 116 Å². The number of hydrogen-bond acceptors (Lipinski definition) is 3. The maximum atomic E-state index is 6.14. The fourth-order valence-electron chi connectivity index (χ4n) is 2.79. The molecule has 1 N–H and O–H groups in total. The van der Waals surface area contributed by atoms with Crippen molar-refractivity contribution in [3.63, 3.8) is 0 Å². The minimum atomic E-state index is 0.396. The van der Waals surface area contributed by atoms with Crippen molar-refractivity contribution in [2.45, 2.75) is 58.6 Å². The van der Waals surface area contributed by atoms with Crippen molar-refractivity contribution in [2.24, 2.45) is 5.92 Å². The van der Waals surface area contributed by atoms with E-state index < -0.39 is 0 Å². The molecule has 0 spiro atoms. The topological polar surface area (TPSA) is 34.1 Å². The van der Waals surface area contributed by atoms with Gasteiger partial charge in [0, 0.05) is 18.8 Å². The van der Waals surface area contributed by atoms with E-state index >= 15 is 0 Å². The first-order valence-electron chi connectivity index (χ1n) is 7.64. The van der Waals surface area contributed by atoms with Gasteiger partial charge in [-0.25, -0.2) is 0 Å². The van der Waals surface area contributed by atoms with Crippen LogP contribution in [0.4, 0.5) is 0 Å². The Morgan fingerprint density at radius 1 is 1.37 bits per heavy atom. The van der Waals surface area contributed by atoms with E-state index in [2.05, 4.69) is 30.2 Å². The minimum absolute atomic E-state index is 0.396. The van der Waals surface area contributed by atoms with Gasteiger partial charge in [0.05, 0.1) is 11.8 Å². The first kappa shape index (κ1) is 14.3. The molecule has 19 heavy (non-hydrogen) atoms. The number of aromatic nitrogens is 1. The monoisotopic (exact) mass is 262 g/mol. The summed E-state index contributed by atoms with van der Waals surface area (Å²) in [6.07, 6.45) is 8.61. The van der Waals surface area contributed by atoms with Gasteiger partial charge >= 0.3 is 0 Å². The van der Waals surface area contributed by atoms with E-state index in [9.17, 15) is 0 Å². The summed E-state index contributed by atoms with van der Waals surface area (Å²) in [4.78, 5) is 4.36. The zero-order valence-electron chi connectivity index (χ0n) is 12.2. The molecule has 3 heteroatoms. The lowest BCUT2D eigenvalue weighted by atomic mass is 9.85. The second-order valence-corrected chi connectivity index (χ2v) is 5.44. The van der Waals surface area contributed by atoms with Gasteiger partial charge in [-0.3, -0.25) is 4.98 Å². The van der Waals surface area contributed by atoms with Crippen LogP contribution in [0.25, 0.3) is 0 Å². The number of nitrogens with zero attached hydrogens (tertiary/aromatic N) is 1. The van der Waals surface area contributed by atoms with Crippen LogP contribution in [0.15, 0.2) is 18.3 Å². The zero-order chi connectivity index (χ0) is 13.5. The molecule has 2 atom stereocenters. The van der Waals surface area contributed by atoms with Gasteiger partial charge in [0.2, 0.25) is 0 Å². The molecule has 2 unspecified atom stereocenters. The number of ether oxygens (including phenoxy) is 1. The summed E-state index contributed by atoms with van der Waals surface area (Å²) in [5.74, 6) is 1.83. The number of pyridine rings is 1. The Kier molecular flexibility index (Phi) is 5.64. The van der Waals surface area contributed by atoms with Crippen LogP contribution in [0.1, 0.15) is 51.6 Å². The van der Waals surface area contributed by atoms with E-state index in [4.69, 9.17) is 4.74 Å². The molecule has 0 bridgehead atoms. The summed E-state index contributed by atoms with van der Waals surface area (Å²) in [7, 11) is 0. The van der Waals surface area contributed by atoms with Gasteiger partial charge < -0.3 is 10.1 Å². The number of hydrogen-bond donors (Lipinski definition) is 1. The van der Waals surface area contributed by atoms with Crippen molar-refractivity contribution in [3.8, 4) is 5.75 Å². The molecule has 1 heterocycles. The van der Waals surface area contributed by atoms with Gasteiger partial charge in [0.1, 0.15) is 5.75 Å². The molecular formula is C16H26N2O. The van der Waals surface area contributed by atoms with Crippen molar-refractivity contribution in [2.75, 3.05) is 6.54 Å². The highest BCUT2D eigenvalue weighted by Gasteiger charge is 2.22. The van der Waals surface area contributed by atoms with Crippen molar-refractivity contribution < 1.29 is 4.74 Å². The van der Waals surface area contributed by atoms with Gasteiger partial charge in [-0.1, -0.05) is 26.7 Å². The smallest absolute Gasteiger partial charge is 0.123 e. The molecule has 2 rings (SSSR count). The van der Waals surface area contributed by atoms with Crippen LogP contribution in [0.3, 0.4) is 0 Å². The average molecular weight is 262 g/mol. The molecule has 0 aliphatic heterocycles. The molecule has 0 saturated heterocycles. The maximum Gasteiger partial charge on any atom is 0.123 e. The van der Waals surface area contributed by atoms with Crippen molar-refractivity contribution in [1.82, 2.24) is 10.3 Å². The number of rotatable bonds is 6.